The minimum absolute atomic E-state index is 0.0438. The molecule has 0 aliphatic heterocycles. The molecule has 0 N–H and O–H groups in total. The number of ether oxygens (including phenoxy) is 2. The highest BCUT2D eigenvalue weighted by molar-refractivity contribution is 9.10. The van der Waals surface area contributed by atoms with E-state index in [1.165, 1.54) is 6.07 Å². The summed E-state index contributed by atoms with van der Waals surface area (Å²) in [5.74, 6) is 0.613. The molecular weight excluding hydrogens is 403 g/mol. The first-order chi connectivity index (χ1) is 9.71. The minimum atomic E-state index is -3.95. The Hall–Kier alpha value is -0.0100. The van der Waals surface area contributed by atoms with Gasteiger partial charge in [0, 0.05) is 21.8 Å². The summed E-state index contributed by atoms with van der Waals surface area (Å²) in [6, 6.07) is 2.89. The van der Waals surface area contributed by atoms with E-state index in [1.54, 1.807) is 6.07 Å². The van der Waals surface area contributed by atoms with Crippen molar-refractivity contribution in [1.29, 1.82) is 0 Å². The van der Waals surface area contributed by atoms with Crippen LogP contribution in [0.5, 0.6) is 5.75 Å². The molecule has 0 bridgehead atoms. The van der Waals surface area contributed by atoms with E-state index in [1.807, 2.05) is 0 Å². The van der Waals surface area contributed by atoms with E-state index in [0.717, 1.165) is 6.42 Å². The van der Waals surface area contributed by atoms with E-state index in [9.17, 15) is 8.42 Å². The Morgan fingerprint density at radius 2 is 1.90 bits per heavy atom. The summed E-state index contributed by atoms with van der Waals surface area (Å²) in [4.78, 5) is -0.161. The largest absolute Gasteiger partial charge is 0.488 e. The van der Waals surface area contributed by atoms with Gasteiger partial charge < -0.3 is 9.47 Å². The van der Waals surface area contributed by atoms with Gasteiger partial charge in [-0.05, 0) is 24.5 Å². The summed E-state index contributed by atoms with van der Waals surface area (Å²) < 4.78 is 34.4. The van der Waals surface area contributed by atoms with E-state index >= 15 is 0 Å². The molecule has 1 aromatic carbocycles. The zero-order valence-corrected chi connectivity index (χ0v) is 15.6. The van der Waals surface area contributed by atoms with E-state index in [-0.39, 0.29) is 22.3 Å². The maximum Gasteiger partial charge on any atom is 0.265 e. The maximum atomic E-state index is 11.5. The average molecular weight is 420 g/mol. The lowest BCUT2D eigenvalue weighted by Gasteiger charge is -2.12. The van der Waals surface area contributed by atoms with E-state index in [4.69, 9.17) is 31.8 Å². The van der Waals surface area contributed by atoms with Crippen molar-refractivity contribution in [2.45, 2.75) is 25.2 Å². The molecule has 0 fully saturated rings. The second kappa shape index (κ2) is 8.58. The predicted octanol–water partition coefficient (Wildman–Crippen LogP) is 4.47. The van der Waals surface area contributed by atoms with Crippen LogP contribution < -0.4 is 4.74 Å². The van der Waals surface area contributed by atoms with Gasteiger partial charge in [0.15, 0.2) is 5.75 Å². The Morgan fingerprint density at radius 3 is 2.48 bits per heavy atom. The van der Waals surface area contributed by atoms with Crippen molar-refractivity contribution in [2.75, 3.05) is 19.8 Å². The normalized spacial score (nSPS) is 11.9. The molecule has 1 rings (SSSR count). The topological polar surface area (TPSA) is 52.6 Å². The Bertz CT molecular complexity index is 576. The molecule has 0 saturated carbocycles. The van der Waals surface area contributed by atoms with Crippen molar-refractivity contribution in [2.24, 2.45) is 5.92 Å². The fraction of sp³-hybridized carbons (Fsp3) is 0.538. The number of hydrogen-bond acceptors (Lipinski definition) is 4. The number of hydrogen-bond donors (Lipinski definition) is 0. The van der Waals surface area contributed by atoms with E-state index in [2.05, 4.69) is 29.8 Å². The minimum Gasteiger partial charge on any atom is -0.488 e. The predicted molar refractivity (Wildman–Crippen MR) is 88.0 cm³/mol. The molecule has 21 heavy (non-hydrogen) atoms. The highest BCUT2D eigenvalue weighted by Crippen LogP contribution is 2.37. The second-order valence-corrected chi connectivity index (χ2v) is 8.65. The van der Waals surface area contributed by atoms with Gasteiger partial charge in [-0.3, -0.25) is 0 Å². The molecule has 0 amide bonds. The molecule has 0 unspecified atom stereocenters. The third kappa shape index (κ3) is 6.74. The fourth-order valence-corrected chi connectivity index (χ4v) is 3.55. The summed E-state index contributed by atoms with van der Waals surface area (Å²) in [5.41, 5.74) is 0. The average Bonchev–Trinajstić information content (AvgIpc) is 2.33. The number of halogens is 3. The van der Waals surface area contributed by atoms with Crippen molar-refractivity contribution in [3.05, 3.63) is 21.6 Å². The van der Waals surface area contributed by atoms with Crippen molar-refractivity contribution in [1.82, 2.24) is 0 Å². The molecule has 0 spiro atoms. The SMILES string of the molecule is CC(C)CCOCCOc1c(Cl)cc(Br)cc1S(=O)(=O)Cl. The monoisotopic (exact) mass is 418 g/mol. The smallest absolute Gasteiger partial charge is 0.265 e. The second-order valence-electron chi connectivity index (χ2n) is 4.80. The summed E-state index contributed by atoms with van der Waals surface area (Å²) in [5, 5.41) is 0.172. The van der Waals surface area contributed by atoms with Gasteiger partial charge in [0.05, 0.1) is 11.6 Å². The molecular formula is C13H17BrCl2O4S. The Balaban J connectivity index is 2.67. The van der Waals surface area contributed by atoms with Crippen molar-refractivity contribution >= 4 is 47.3 Å². The summed E-state index contributed by atoms with van der Waals surface area (Å²) in [7, 11) is 1.44. The molecule has 4 nitrogen and oxygen atoms in total. The first kappa shape index (κ1) is 19.0. The summed E-state index contributed by atoms with van der Waals surface area (Å²) >= 11 is 9.17. The van der Waals surface area contributed by atoms with Gasteiger partial charge >= 0.3 is 0 Å². The van der Waals surface area contributed by atoms with E-state index in [0.29, 0.717) is 23.6 Å². The first-order valence-corrected chi connectivity index (χ1v) is 9.84. The molecule has 0 aliphatic rings. The first-order valence-electron chi connectivity index (χ1n) is 6.36. The number of rotatable bonds is 8. The van der Waals surface area contributed by atoms with Gasteiger partial charge in [-0.15, -0.1) is 0 Å². The lowest BCUT2D eigenvalue weighted by atomic mass is 10.1. The molecule has 0 radical (unpaired) electrons. The molecule has 0 saturated heterocycles. The third-order valence-corrected chi connectivity index (χ3v) is 4.62. The van der Waals surface area contributed by atoms with Gasteiger partial charge in [0.25, 0.3) is 9.05 Å². The number of benzene rings is 1. The molecule has 1 aromatic rings. The Kier molecular flexibility index (Phi) is 7.78. The third-order valence-electron chi connectivity index (χ3n) is 2.55. The Morgan fingerprint density at radius 1 is 1.24 bits per heavy atom. The molecule has 0 aromatic heterocycles. The molecule has 8 heteroatoms. The van der Waals surface area contributed by atoms with Crippen LogP contribution in [0.1, 0.15) is 20.3 Å². The zero-order valence-electron chi connectivity index (χ0n) is 11.7. The van der Waals surface area contributed by atoms with Crippen LogP contribution in [0.3, 0.4) is 0 Å². The van der Waals surface area contributed by atoms with Gasteiger partial charge in [0.1, 0.15) is 11.5 Å². The molecule has 0 heterocycles. The molecule has 0 atom stereocenters. The highest BCUT2D eigenvalue weighted by Gasteiger charge is 2.21. The van der Waals surface area contributed by atoms with Crippen LogP contribution in [-0.4, -0.2) is 28.2 Å². The quantitative estimate of drug-likeness (QED) is 0.460. The van der Waals surface area contributed by atoms with Crippen LogP contribution in [0.15, 0.2) is 21.5 Å². The van der Waals surface area contributed by atoms with E-state index < -0.39 is 9.05 Å². The van der Waals surface area contributed by atoms with Crippen LogP contribution in [0.25, 0.3) is 0 Å². The van der Waals surface area contributed by atoms with Gasteiger partial charge in [-0.1, -0.05) is 41.4 Å². The van der Waals surface area contributed by atoms with Crippen LogP contribution >= 0.6 is 38.2 Å². The molecule has 0 aliphatic carbocycles. The van der Waals surface area contributed by atoms with Crippen LogP contribution in [0, 0.1) is 5.92 Å². The van der Waals surface area contributed by atoms with Crippen molar-refractivity contribution < 1.29 is 17.9 Å². The maximum absolute atomic E-state index is 11.5. The van der Waals surface area contributed by atoms with Gasteiger partial charge in [-0.2, -0.15) is 0 Å². The summed E-state index contributed by atoms with van der Waals surface area (Å²) in [6.07, 6.45) is 0.959. The standard InChI is InChI=1S/C13H17BrCl2O4S/c1-9(2)3-4-19-5-6-20-13-11(15)7-10(14)8-12(13)21(16,17)18/h7-9H,3-6H2,1-2H3. The molecule has 120 valence electrons. The van der Waals surface area contributed by atoms with Crippen LogP contribution in [-0.2, 0) is 13.8 Å². The van der Waals surface area contributed by atoms with Gasteiger partial charge in [0.2, 0.25) is 0 Å². The zero-order chi connectivity index (χ0) is 16.0. The lowest BCUT2D eigenvalue weighted by Crippen LogP contribution is -2.10. The summed E-state index contributed by atoms with van der Waals surface area (Å²) in [6.45, 7) is 5.40. The van der Waals surface area contributed by atoms with Gasteiger partial charge in [-0.25, -0.2) is 8.42 Å². The lowest BCUT2D eigenvalue weighted by molar-refractivity contribution is 0.0917. The fourth-order valence-electron chi connectivity index (χ4n) is 1.48. The highest BCUT2D eigenvalue weighted by atomic mass is 79.9. The Labute approximate surface area is 143 Å². The van der Waals surface area contributed by atoms with Crippen molar-refractivity contribution in [3.8, 4) is 5.75 Å². The van der Waals surface area contributed by atoms with Crippen LogP contribution in [0.4, 0.5) is 0 Å². The van der Waals surface area contributed by atoms with Crippen molar-refractivity contribution in [3.63, 3.8) is 0 Å². The van der Waals surface area contributed by atoms with Crippen LogP contribution in [0.2, 0.25) is 5.02 Å².